The van der Waals surface area contributed by atoms with Gasteiger partial charge in [-0.15, -0.1) is 11.3 Å². The number of aryl methyl sites for hydroxylation is 1. The van der Waals surface area contributed by atoms with Crippen LogP contribution in [-0.4, -0.2) is 23.8 Å². The third-order valence-corrected chi connectivity index (χ3v) is 7.24. The van der Waals surface area contributed by atoms with Crippen molar-refractivity contribution in [1.82, 2.24) is 0 Å². The highest BCUT2D eigenvalue weighted by atomic mass is 79.9. The molecule has 5 heteroatoms. The summed E-state index contributed by atoms with van der Waals surface area (Å²) in [6.45, 7) is 4.09. The number of Topliss-reactive ketones (excluding diaryl/α,β-unsaturated/α-hetero) is 2. The second kappa shape index (κ2) is 4.74. The Morgan fingerprint density at radius 3 is 2.29 bits per heavy atom. The van der Waals surface area contributed by atoms with E-state index in [-0.39, 0.29) is 35.6 Å². The second-order valence-electron chi connectivity index (χ2n) is 6.26. The summed E-state index contributed by atoms with van der Waals surface area (Å²) in [6, 6.07) is 0. The first kappa shape index (κ1) is 14.1. The molecule has 2 bridgehead atoms. The highest BCUT2D eigenvalue weighted by Crippen LogP contribution is 2.54. The van der Waals surface area contributed by atoms with Crippen molar-refractivity contribution in [2.45, 2.75) is 51.2 Å². The lowest BCUT2D eigenvalue weighted by Crippen LogP contribution is -2.29. The second-order valence-corrected chi connectivity index (χ2v) is 8.80. The summed E-state index contributed by atoms with van der Waals surface area (Å²) in [5, 5.41) is 0. The van der Waals surface area contributed by atoms with Crippen molar-refractivity contribution in [3.8, 4) is 0 Å². The third-order valence-electron chi connectivity index (χ3n) is 5.33. The van der Waals surface area contributed by atoms with E-state index in [1.165, 1.54) is 0 Å². The van der Waals surface area contributed by atoms with E-state index in [1.807, 2.05) is 6.92 Å². The van der Waals surface area contributed by atoms with Crippen LogP contribution in [0.15, 0.2) is 3.79 Å². The Balaban J connectivity index is 1.81. The van der Waals surface area contributed by atoms with Crippen molar-refractivity contribution >= 4 is 38.8 Å². The number of fused-ring (bicyclic) bond motifs is 5. The monoisotopic (exact) mass is 368 g/mol. The van der Waals surface area contributed by atoms with Crippen molar-refractivity contribution in [2.75, 3.05) is 0 Å². The minimum absolute atomic E-state index is 0.00564. The Morgan fingerprint density at radius 1 is 1.19 bits per heavy atom. The maximum atomic E-state index is 12.9. The van der Waals surface area contributed by atoms with Crippen LogP contribution >= 0.6 is 27.3 Å². The van der Waals surface area contributed by atoms with E-state index in [4.69, 9.17) is 4.74 Å². The Labute approximate surface area is 136 Å². The summed E-state index contributed by atoms with van der Waals surface area (Å²) in [5.74, 6) is -0.668. The molecule has 2 saturated heterocycles. The van der Waals surface area contributed by atoms with Crippen molar-refractivity contribution in [2.24, 2.45) is 11.8 Å². The van der Waals surface area contributed by atoms with Gasteiger partial charge in [-0.2, -0.15) is 0 Å². The number of ketones is 2. The van der Waals surface area contributed by atoms with Crippen LogP contribution in [0.2, 0.25) is 0 Å². The predicted octanol–water partition coefficient (Wildman–Crippen LogP) is 3.41. The van der Waals surface area contributed by atoms with Crippen LogP contribution in [0.5, 0.6) is 0 Å². The van der Waals surface area contributed by atoms with Crippen LogP contribution in [0.4, 0.5) is 0 Å². The first-order valence-electron chi connectivity index (χ1n) is 7.55. The van der Waals surface area contributed by atoms with E-state index >= 15 is 0 Å². The minimum Gasteiger partial charge on any atom is -0.373 e. The first-order valence-corrected chi connectivity index (χ1v) is 9.16. The molecule has 1 saturated carbocycles. The molecule has 0 spiro atoms. The fourth-order valence-corrected chi connectivity index (χ4v) is 6.71. The largest absolute Gasteiger partial charge is 0.373 e. The van der Waals surface area contributed by atoms with Crippen molar-refractivity contribution in [3.05, 3.63) is 19.8 Å². The molecule has 0 aromatic carbocycles. The summed E-state index contributed by atoms with van der Waals surface area (Å²) >= 11 is 5.22. The molecule has 2 aliphatic heterocycles. The summed E-state index contributed by atoms with van der Waals surface area (Å²) in [4.78, 5) is 26.9. The topological polar surface area (TPSA) is 43.4 Å². The fraction of sp³-hybridized carbons (Fsp3) is 0.625. The summed E-state index contributed by atoms with van der Waals surface area (Å²) < 4.78 is 6.87. The number of thiophene rings is 1. The molecule has 0 N–H and O–H groups in total. The van der Waals surface area contributed by atoms with Gasteiger partial charge >= 0.3 is 0 Å². The minimum atomic E-state index is -0.538. The van der Waals surface area contributed by atoms with E-state index in [2.05, 4.69) is 22.9 Å². The van der Waals surface area contributed by atoms with Crippen molar-refractivity contribution in [3.63, 3.8) is 0 Å². The number of halogens is 1. The van der Waals surface area contributed by atoms with Crippen molar-refractivity contribution < 1.29 is 14.3 Å². The average Bonchev–Trinajstić information content (AvgIpc) is 3.15. The van der Waals surface area contributed by atoms with Crippen LogP contribution in [0.3, 0.4) is 0 Å². The molecule has 1 aliphatic carbocycles. The molecule has 0 radical (unpaired) electrons. The lowest BCUT2D eigenvalue weighted by molar-refractivity contribution is -0.127. The SMILES string of the molecule is CCc1c(Br)sc(C)c1C1C(=O)C2C3CCC(O3)C2C1=O. The van der Waals surface area contributed by atoms with Gasteiger partial charge in [0.25, 0.3) is 0 Å². The zero-order chi connectivity index (χ0) is 14.9. The Kier molecular flexibility index (Phi) is 3.18. The van der Waals surface area contributed by atoms with Crippen LogP contribution in [-0.2, 0) is 20.7 Å². The normalized spacial score (nSPS) is 37.6. The van der Waals surface area contributed by atoms with Crippen molar-refractivity contribution in [1.29, 1.82) is 0 Å². The lowest BCUT2D eigenvalue weighted by Gasteiger charge is -2.16. The molecule has 112 valence electrons. The first-order chi connectivity index (χ1) is 10.0. The fourth-order valence-electron chi connectivity index (χ4n) is 4.49. The number of hydrogen-bond donors (Lipinski definition) is 0. The molecule has 3 aliphatic rings. The van der Waals surface area contributed by atoms with E-state index in [9.17, 15) is 9.59 Å². The average molecular weight is 369 g/mol. The smallest absolute Gasteiger partial charge is 0.154 e. The van der Waals surface area contributed by atoms with Crippen LogP contribution in [0.1, 0.15) is 41.7 Å². The molecular weight excluding hydrogens is 352 g/mol. The van der Waals surface area contributed by atoms with Crippen LogP contribution in [0, 0.1) is 18.8 Å². The summed E-state index contributed by atoms with van der Waals surface area (Å²) in [7, 11) is 0. The molecule has 4 atom stereocenters. The highest BCUT2D eigenvalue weighted by molar-refractivity contribution is 9.11. The molecule has 21 heavy (non-hydrogen) atoms. The molecule has 4 unspecified atom stereocenters. The van der Waals surface area contributed by atoms with Gasteiger partial charge in [-0.05, 0) is 53.2 Å². The van der Waals surface area contributed by atoms with E-state index in [0.717, 1.165) is 39.1 Å². The predicted molar refractivity (Wildman–Crippen MR) is 83.8 cm³/mol. The van der Waals surface area contributed by atoms with Gasteiger partial charge in [0.2, 0.25) is 0 Å². The molecule has 0 amide bonds. The van der Waals surface area contributed by atoms with Crippen LogP contribution < -0.4 is 0 Å². The Bertz CT molecular complexity index is 622. The van der Waals surface area contributed by atoms with E-state index in [0.29, 0.717) is 0 Å². The standard InChI is InChI=1S/C16H17BrO3S/c1-3-7-10(6(2)21-16(7)17)13-14(18)11-8-4-5-9(20-8)12(11)15(13)19/h8-9,11-13H,3-5H2,1-2H3. The van der Waals surface area contributed by atoms with Crippen LogP contribution in [0.25, 0.3) is 0 Å². The van der Waals surface area contributed by atoms with E-state index < -0.39 is 5.92 Å². The van der Waals surface area contributed by atoms with Gasteiger partial charge in [-0.25, -0.2) is 0 Å². The molecule has 3 nitrogen and oxygen atoms in total. The molecule has 3 heterocycles. The zero-order valence-corrected chi connectivity index (χ0v) is 14.4. The van der Waals surface area contributed by atoms with Gasteiger partial charge in [0, 0.05) is 4.88 Å². The van der Waals surface area contributed by atoms with Gasteiger partial charge in [0.15, 0.2) is 11.6 Å². The quantitative estimate of drug-likeness (QED) is 0.751. The molecule has 1 aromatic heterocycles. The molecule has 1 aromatic rings. The maximum Gasteiger partial charge on any atom is 0.154 e. The van der Waals surface area contributed by atoms with Gasteiger partial charge in [0.05, 0.1) is 27.8 Å². The number of carbonyl (C=O) groups excluding carboxylic acids is 2. The number of carbonyl (C=O) groups is 2. The molecular formula is C16H17BrO3S. The van der Waals surface area contributed by atoms with Gasteiger partial charge in [0.1, 0.15) is 5.92 Å². The Hall–Kier alpha value is -0.520. The maximum absolute atomic E-state index is 12.9. The summed E-state index contributed by atoms with van der Waals surface area (Å²) in [5.41, 5.74) is 2.12. The molecule has 4 rings (SSSR count). The molecule has 3 fully saturated rings. The van der Waals surface area contributed by atoms with Gasteiger partial charge < -0.3 is 4.74 Å². The Morgan fingerprint density at radius 2 is 1.76 bits per heavy atom. The number of rotatable bonds is 2. The lowest BCUT2D eigenvalue weighted by atomic mass is 9.81. The zero-order valence-electron chi connectivity index (χ0n) is 12.0. The number of ether oxygens (including phenoxy) is 1. The number of hydrogen-bond acceptors (Lipinski definition) is 4. The summed E-state index contributed by atoms with van der Waals surface area (Å²) in [6.07, 6.45) is 2.70. The van der Waals surface area contributed by atoms with E-state index in [1.54, 1.807) is 11.3 Å². The highest BCUT2D eigenvalue weighted by Gasteiger charge is 2.63. The van der Waals surface area contributed by atoms with Gasteiger partial charge in [-0.3, -0.25) is 9.59 Å². The third kappa shape index (κ3) is 1.74. The van der Waals surface area contributed by atoms with Gasteiger partial charge in [-0.1, -0.05) is 6.92 Å².